The largest absolute Gasteiger partial charge is 0.516 e. The molecular weight excluding hydrogens is 609 g/mol. The van der Waals surface area contributed by atoms with Crippen LogP contribution in [0.5, 0.6) is 0 Å². The molecule has 2 heterocycles. The maximum Gasteiger partial charge on any atom is 0.516 e. The van der Waals surface area contributed by atoms with E-state index in [1.807, 2.05) is 0 Å². The van der Waals surface area contributed by atoms with E-state index in [2.05, 4.69) is 15.2 Å². The third-order valence-corrected chi connectivity index (χ3v) is 9.51. The SMILES string of the molecule is O=C(CCc1ccc(Cl)cc1CN1CCC[C@H]1c1nc(C(=O)NCCCCC2CCCCC2)co1)NS(=O)(=O)C(F)(F)F. The van der Waals surface area contributed by atoms with Gasteiger partial charge in [0.15, 0.2) is 5.69 Å². The van der Waals surface area contributed by atoms with Gasteiger partial charge < -0.3 is 9.73 Å². The number of likely N-dealkylation sites (tertiary alicyclic amines) is 1. The molecule has 2 fully saturated rings. The molecule has 0 unspecified atom stereocenters. The lowest BCUT2D eigenvalue weighted by atomic mass is 9.86. The fourth-order valence-electron chi connectivity index (χ4n) is 5.88. The van der Waals surface area contributed by atoms with Gasteiger partial charge in [-0.1, -0.05) is 62.6 Å². The predicted molar refractivity (Wildman–Crippen MR) is 155 cm³/mol. The van der Waals surface area contributed by atoms with Crippen molar-refractivity contribution in [2.45, 2.75) is 95.1 Å². The zero-order valence-corrected chi connectivity index (χ0v) is 25.5. The number of nitrogens with one attached hydrogen (secondary N) is 2. The third kappa shape index (κ3) is 9.42. The monoisotopic (exact) mass is 646 g/mol. The topological polar surface area (TPSA) is 122 Å². The average molecular weight is 647 g/mol. The Balaban J connectivity index is 1.30. The molecule has 4 rings (SSSR count). The van der Waals surface area contributed by atoms with Crippen LogP contribution in [-0.4, -0.2) is 48.7 Å². The number of hydrogen-bond acceptors (Lipinski definition) is 7. The van der Waals surface area contributed by atoms with Crippen LogP contribution in [0.4, 0.5) is 13.2 Å². The number of unbranched alkanes of at least 4 members (excludes halogenated alkanes) is 1. The molecule has 2 aliphatic rings. The fourth-order valence-corrected chi connectivity index (χ4v) is 6.59. The van der Waals surface area contributed by atoms with E-state index < -0.39 is 27.9 Å². The lowest BCUT2D eigenvalue weighted by Gasteiger charge is -2.23. The number of oxazole rings is 1. The van der Waals surface area contributed by atoms with Gasteiger partial charge in [0.25, 0.3) is 5.91 Å². The Morgan fingerprint density at radius 3 is 2.58 bits per heavy atom. The number of amides is 2. The smallest absolute Gasteiger partial charge is 0.446 e. The number of hydrogen-bond donors (Lipinski definition) is 2. The Hall–Kier alpha value is -2.64. The Morgan fingerprint density at radius 2 is 1.84 bits per heavy atom. The number of aryl methyl sites for hydroxylation is 1. The van der Waals surface area contributed by atoms with Crippen molar-refractivity contribution in [2.75, 3.05) is 13.1 Å². The Labute approximate surface area is 255 Å². The molecule has 2 amide bonds. The first-order valence-corrected chi connectivity index (χ1v) is 16.7. The van der Waals surface area contributed by atoms with E-state index in [0.717, 1.165) is 41.9 Å². The summed E-state index contributed by atoms with van der Waals surface area (Å²) in [6, 6.07) is 4.77. The van der Waals surface area contributed by atoms with Crippen molar-refractivity contribution in [2.24, 2.45) is 5.92 Å². The predicted octanol–water partition coefficient (Wildman–Crippen LogP) is 6.04. The van der Waals surface area contributed by atoms with Gasteiger partial charge in [0.1, 0.15) is 6.26 Å². The van der Waals surface area contributed by atoms with Gasteiger partial charge in [0.2, 0.25) is 11.8 Å². The molecule has 0 radical (unpaired) electrons. The van der Waals surface area contributed by atoms with Gasteiger partial charge in [-0.15, -0.1) is 0 Å². The highest BCUT2D eigenvalue weighted by atomic mass is 35.5. The first kappa shape index (κ1) is 33.3. The summed E-state index contributed by atoms with van der Waals surface area (Å²) >= 11 is 6.22. The van der Waals surface area contributed by atoms with Crippen LogP contribution in [-0.2, 0) is 27.8 Å². The minimum Gasteiger partial charge on any atom is -0.446 e. The number of rotatable bonds is 13. The Kier molecular flexibility index (Phi) is 11.5. The van der Waals surface area contributed by atoms with Crippen molar-refractivity contribution < 1.29 is 35.6 Å². The molecule has 1 aliphatic heterocycles. The molecule has 1 saturated heterocycles. The molecule has 9 nitrogen and oxygen atoms in total. The molecule has 238 valence electrons. The van der Waals surface area contributed by atoms with E-state index in [1.165, 1.54) is 44.8 Å². The van der Waals surface area contributed by atoms with Crippen molar-refractivity contribution in [3.8, 4) is 0 Å². The van der Waals surface area contributed by atoms with E-state index in [0.29, 0.717) is 36.1 Å². The van der Waals surface area contributed by atoms with Gasteiger partial charge in [-0.3, -0.25) is 14.5 Å². The highest BCUT2D eigenvalue weighted by molar-refractivity contribution is 7.90. The second-order valence-electron chi connectivity index (χ2n) is 11.3. The van der Waals surface area contributed by atoms with Crippen LogP contribution in [0.25, 0.3) is 0 Å². The van der Waals surface area contributed by atoms with Crippen molar-refractivity contribution >= 4 is 33.4 Å². The zero-order valence-electron chi connectivity index (χ0n) is 23.9. The van der Waals surface area contributed by atoms with Crippen molar-refractivity contribution in [1.82, 2.24) is 19.9 Å². The number of aromatic nitrogens is 1. The summed E-state index contributed by atoms with van der Waals surface area (Å²) in [6.45, 7) is 1.67. The fraction of sp³-hybridized carbons (Fsp3) is 0.621. The summed E-state index contributed by atoms with van der Waals surface area (Å²) in [7, 11) is -5.77. The normalized spacial score (nSPS) is 18.6. The summed E-state index contributed by atoms with van der Waals surface area (Å²) in [4.78, 5) is 31.2. The summed E-state index contributed by atoms with van der Waals surface area (Å²) in [5.41, 5.74) is -3.97. The number of nitrogens with zero attached hydrogens (tertiary/aromatic N) is 2. The Bertz CT molecular complexity index is 1360. The first-order chi connectivity index (χ1) is 20.4. The maximum atomic E-state index is 12.7. The summed E-state index contributed by atoms with van der Waals surface area (Å²) in [6.07, 6.45) is 12.4. The van der Waals surface area contributed by atoms with Crippen LogP contribution in [0.15, 0.2) is 28.9 Å². The van der Waals surface area contributed by atoms with Crippen molar-refractivity contribution in [3.63, 3.8) is 0 Å². The lowest BCUT2D eigenvalue weighted by Crippen LogP contribution is -2.40. The number of carbonyl (C=O) groups excluding carboxylic acids is 2. The molecule has 0 spiro atoms. The molecule has 1 atom stereocenters. The van der Waals surface area contributed by atoms with Gasteiger partial charge >= 0.3 is 15.5 Å². The zero-order chi connectivity index (χ0) is 31.0. The highest BCUT2D eigenvalue weighted by Gasteiger charge is 2.46. The third-order valence-electron chi connectivity index (χ3n) is 8.17. The van der Waals surface area contributed by atoms with Crippen LogP contribution < -0.4 is 10.0 Å². The Morgan fingerprint density at radius 1 is 1.07 bits per heavy atom. The van der Waals surface area contributed by atoms with Crippen LogP contribution in [0, 0.1) is 5.92 Å². The highest BCUT2D eigenvalue weighted by Crippen LogP contribution is 2.34. The minimum atomic E-state index is -5.77. The van der Waals surface area contributed by atoms with Crippen LogP contribution in [0.3, 0.4) is 0 Å². The standard InChI is InChI=1S/C29H38ClF3N4O5S/c30-23-13-11-21(12-14-26(38)36-43(40,41)29(31,32)33)22(17-23)18-37-16-6-10-25(37)28-35-24(19-42-28)27(39)34-15-5-4-9-20-7-2-1-3-8-20/h11,13,17,19-20,25H,1-10,12,14-16,18H2,(H,34,39)(H,36,38)/t25-/m0/s1. The quantitative estimate of drug-likeness (QED) is 0.254. The van der Waals surface area contributed by atoms with E-state index >= 15 is 0 Å². The lowest BCUT2D eigenvalue weighted by molar-refractivity contribution is -0.120. The van der Waals surface area contributed by atoms with Gasteiger partial charge in [-0.05, 0) is 61.4 Å². The van der Waals surface area contributed by atoms with Crippen molar-refractivity contribution in [1.29, 1.82) is 0 Å². The number of sulfonamides is 1. The van der Waals surface area contributed by atoms with Gasteiger partial charge in [0, 0.05) is 24.5 Å². The number of alkyl halides is 3. The summed E-state index contributed by atoms with van der Waals surface area (Å²) < 4.78 is 67.1. The molecular formula is C29H38ClF3N4O5S. The first-order valence-electron chi connectivity index (χ1n) is 14.8. The number of benzene rings is 1. The number of halogens is 4. The second kappa shape index (κ2) is 14.9. The molecule has 1 aromatic carbocycles. The molecule has 2 aromatic rings. The summed E-state index contributed by atoms with van der Waals surface area (Å²) in [5, 5.41) is 3.37. The molecule has 1 aromatic heterocycles. The molecule has 14 heteroatoms. The average Bonchev–Trinajstić information content (AvgIpc) is 3.62. The van der Waals surface area contributed by atoms with E-state index in [-0.39, 0.29) is 24.1 Å². The van der Waals surface area contributed by atoms with E-state index in [9.17, 15) is 31.2 Å². The molecule has 2 N–H and O–H groups in total. The summed E-state index contributed by atoms with van der Waals surface area (Å²) in [5.74, 6) is -0.297. The van der Waals surface area contributed by atoms with E-state index in [4.69, 9.17) is 16.0 Å². The molecule has 1 saturated carbocycles. The minimum absolute atomic E-state index is 0.00813. The van der Waals surface area contributed by atoms with Gasteiger partial charge in [-0.25, -0.2) is 9.71 Å². The van der Waals surface area contributed by atoms with Crippen molar-refractivity contribution in [3.05, 3.63) is 52.2 Å². The molecule has 1 aliphatic carbocycles. The van der Waals surface area contributed by atoms with Crippen LogP contribution >= 0.6 is 11.6 Å². The van der Waals surface area contributed by atoms with Crippen LogP contribution in [0.1, 0.15) is 104 Å². The second-order valence-corrected chi connectivity index (χ2v) is 13.5. The van der Waals surface area contributed by atoms with Crippen LogP contribution in [0.2, 0.25) is 5.02 Å². The van der Waals surface area contributed by atoms with Gasteiger partial charge in [-0.2, -0.15) is 21.6 Å². The molecule has 0 bridgehead atoms. The van der Waals surface area contributed by atoms with E-state index in [1.54, 1.807) is 18.2 Å². The maximum absolute atomic E-state index is 12.7. The van der Waals surface area contributed by atoms with Gasteiger partial charge in [0.05, 0.1) is 6.04 Å². The number of carbonyl (C=O) groups is 2. The molecule has 43 heavy (non-hydrogen) atoms.